The van der Waals surface area contributed by atoms with Crippen molar-refractivity contribution in [2.45, 2.75) is 12.5 Å². The molecule has 2 aromatic rings. The van der Waals surface area contributed by atoms with Gasteiger partial charge in [-0.2, -0.15) is 5.26 Å². The Labute approximate surface area is 123 Å². The maximum Gasteiger partial charge on any atom is 0.161 e. The molecule has 1 aromatic heterocycles. The van der Waals surface area contributed by atoms with Crippen LogP contribution in [0, 0.1) is 11.3 Å². The van der Waals surface area contributed by atoms with Crippen molar-refractivity contribution in [2.24, 2.45) is 0 Å². The standard InChI is InChI=1S/C16H16N4O/c17-9-14-10-18-11-16(19-14)20-6-7-21-12-15(20)8-13-4-2-1-3-5-13/h1-5,10-11,15H,6-8,12H2. The van der Waals surface area contributed by atoms with Crippen molar-refractivity contribution in [2.75, 3.05) is 24.7 Å². The van der Waals surface area contributed by atoms with E-state index < -0.39 is 0 Å². The number of hydrogen-bond acceptors (Lipinski definition) is 5. The van der Waals surface area contributed by atoms with E-state index in [1.807, 2.05) is 24.3 Å². The first-order valence-corrected chi connectivity index (χ1v) is 6.97. The summed E-state index contributed by atoms with van der Waals surface area (Å²) in [4.78, 5) is 10.6. The van der Waals surface area contributed by atoms with E-state index in [2.05, 4.69) is 27.0 Å². The molecule has 2 heterocycles. The number of benzene rings is 1. The molecule has 5 nitrogen and oxygen atoms in total. The molecule has 0 amide bonds. The molecule has 1 aliphatic heterocycles. The van der Waals surface area contributed by atoms with Crippen LogP contribution < -0.4 is 4.90 Å². The minimum absolute atomic E-state index is 0.212. The third kappa shape index (κ3) is 3.18. The molecular formula is C16H16N4O. The van der Waals surface area contributed by atoms with E-state index in [0.717, 1.165) is 18.8 Å². The molecule has 0 saturated carbocycles. The quantitative estimate of drug-likeness (QED) is 0.858. The van der Waals surface area contributed by atoms with Gasteiger partial charge in [0, 0.05) is 6.54 Å². The third-order valence-corrected chi connectivity index (χ3v) is 3.57. The fraction of sp³-hybridized carbons (Fsp3) is 0.312. The van der Waals surface area contributed by atoms with Crippen molar-refractivity contribution in [1.29, 1.82) is 5.26 Å². The summed E-state index contributed by atoms with van der Waals surface area (Å²) in [5.41, 5.74) is 1.61. The molecule has 5 heteroatoms. The molecule has 0 N–H and O–H groups in total. The van der Waals surface area contributed by atoms with E-state index in [4.69, 9.17) is 10.00 Å². The zero-order chi connectivity index (χ0) is 14.5. The monoisotopic (exact) mass is 280 g/mol. The van der Waals surface area contributed by atoms with Crippen molar-refractivity contribution in [1.82, 2.24) is 9.97 Å². The first-order valence-electron chi connectivity index (χ1n) is 6.97. The van der Waals surface area contributed by atoms with Gasteiger partial charge in [-0.05, 0) is 12.0 Å². The summed E-state index contributed by atoms with van der Waals surface area (Å²) in [5.74, 6) is 0.748. The van der Waals surface area contributed by atoms with E-state index in [0.29, 0.717) is 18.9 Å². The molecule has 0 spiro atoms. The highest BCUT2D eigenvalue weighted by Crippen LogP contribution is 2.19. The normalized spacial score (nSPS) is 18.2. The van der Waals surface area contributed by atoms with Crippen molar-refractivity contribution in [3.8, 4) is 6.07 Å². The van der Waals surface area contributed by atoms with Gasteiger partial charge >= 0.3 is 0 Å². The minimum atomic E-state index is 0.212. The second-order valence-electron chi connectivity index (χ2n) is 4.99. The Morgan fingerprint density at radius 2 is 2.14 bits per heavy atom. The lowest BCUT2D eigenvalue weighted by molar-refractivity contribution is 0.0936. The second-order valence-corrected chi connectivity index (χ2v) is 4.99. The first-order chi connectivity index (χ1) is 10.4. The molecule has 1 saturated heterocycles. The zero-order valence-electron chi connectivity index (χ0n) is 11.6. The molecule has 1 fully saturated rings. The number of nitriles is 1. The summed E-state index contributed by atoms with van der Waals surface area (Å²) < 4.78 is 5.61. The van der Waals surface area contributed by atoms with Gasteiger partial charge in [0.2, 0.25) is 0 Å². The van der Waals surface area contributed by atoms with Gasteiger partial charge in [0.25, 0.3) is 0 Å². The Morgan fingerprint density at radius 1 is 1.29 bits per heavy atom. The second kappa shape index (κ2) is 6.33. The van der Waals surface area contributed by atoms with Crippen molar-refractivity contribution in [3.63, 3.8) is 0 Å². The maximum atomic E-state index is 8.97. The predicted octanol–water partition coefficient (Wildman–Crippen LogP) is 1.80. The van der Waals surface area contributed by atoms with Gasteiger partial charge < -0.3 is 9.64 Å². The summed E-state index contributed by atoms with van der Waals surface area (Å²) >= 11 is 0. The van der Waals surface area contributed by atoms with Crippen LogP contribution in [-0.4, -0.2) is 35.8 Å². The van der Waals surface area contributed by atoms with E-state index in [1.165, 1.54) is 11.8 Å². The lowest BCUT2D eigenvalue weighted by Gasteiger charge is -2.36. The summed E-state index contributed by atoms with van der Waals surface area (Å²) in [6.45, 7) is 2.10. The molecule has 1 unspecified atom stereocenters. The molecule has 106 valence electrons. The summed E-state index contributed by atoms with van der Waals surface area (Å²) in [6, 6.07) is 12.6. The molecule has 0 aliphatic carbocycles. The molecule has 21 heavy (non-hydrogen) atoms. The van der Waals surface area contributed by atoms with Gasteiger partial charge in [0.15, 0.2) is 5.69 Å². The first kappa shape index (κ1) is 13.5. The average molecular weight is 280 g/mol. The number of nitrogens with zero attached hydrogens (tertiary/aromatic N) is 4. The number of rotatable bonds is 3. The van der Waals surface area contributed by atoms with Gasteiger partial charge in [-0.25, -0.2) is 4.98 Å². The van der Waals surface area contributed by atoms with Crippen LogP contribution in [0.25, 0.3) is 0 Å². The SMILES string of the molecule is N#Cc1cncc(N2CCOCC2Cc2ccccc2)n1. The molecule has 1 aromatic carbocycles. The minimum Gasteiger partial charge on any atom is -0.377 e. The van der Waals surface area contributed by atoms with Crippen LogP contribution in [0.2, 0.25) is 0 Å². The lowest BCUT2D eigenvalue weighted by atomic mass is 10.0. The Morgan fingerprint density at radius 3 is 2.95 bits per heavy atom. The highest BCUT2D eigenvalue weighted by Gasteiger charge is 2.24. The Kier molecular flexibility index (Phi) is 4.08. The van der Waals surface area contributed by atoms with Crippen LogP contribution in [0.4, 0.5) is 5.82 Å². The number of morpholine rings is 1. The molecule has 1 aliphatic rings. The summed E-state index contributed by atoms with van der Waals surface area (Å²) in [7, 11) is 0. The van der Waals surface area contributed by atoms with Crippen LogP contribution in [0.1, 0.15) is 11.3 Å². The number of anilines is 1. The smallest absolute Gasteiger partial charge is 0.161 e. The highest BCUT2D eigenvalue weighted by atomic mass is 16.5. The average Bonchev–Trinajstić information content (AvgIpc) is 2.56. The van der Waals surface area contributed by atoms with Crippen molar-refractivity contribution in [3.05, 3.63) is 54.0 Å². The number of hydrogen-bond donors (Lipinski definition) is 0. The predicted molar refractivity (Wildman–Crippen MR) is 78.8 cm³/mol. The molecule has 0 radical (unpaired) electrons. The molecule has 3 rings (SSSR count). The largest absolute Gasteiger partial charge is 0.377 e. The summed E-state index contributed by atoms with van der Waals surface area (Å²) in [6.07, 6.45) is 4.08. The Hall–Kier alpha value is -2.45. The third-order valence-electron chi connectivity index (χ3n) is 3.57. The van der Waals surface area contributed by atoms with E-state index in [-0.39, 0.29) is 6.04 Å². The molecule has 0 bridgehead atoms. The lowest BCUT2D eigenvalue weighted by Crippen LogP contribution is -2.47. The van der Waals surface area contributed by atoms with Gasteiger partial charge in [-0.3, -0.25) is 4.98 Å². The Balaban J connectivity index is 1.82. The van der Waals surface area contributed by atoms with Crippen LogP contribution in [0.5, 0.6) is 0 Å². The van der Waals surface area contributed by atoms with Crippen molar-refractivity contribution < 1.29 is 4.74 Å². The molecular weight excluding hydrogens is 264 g/mol. The fourth-order valence-electron chi connectivity index (χ4n) is 2.56. The van der Waals surface area contributed by atoms with E-state index in [1.54, 1.807) is 6.20 Å². The van der Waals surface area contributed by atoms with Crippen LogP contribution in [-0.2, 0) is 11.2 Å². The summed E-state index contributed by atoms with van der Waals surface area (Å²) in [5, 5.41) is 8.97. The van der Waals surface area contributed by atoms with Gasteiger partial charge in [-0.1, -0.05) is 30.3 Å². The highest BCUT2D eigenvalue weighted by molar-refractivity contribution is 5.41. The van der Waals surface area contributed by atoms with Gasteiger partial charge in [-0.15, -0.1) is 0 Å². The molecule has 1 atom stereocenters. The van der Waals surface area contributed by atoms with Gasteiger partial charge in [0.05, 0.1) is 31.6 Å². The van der Waals surface area contributed by atoms with E-state index in [9.17, 15) is 0 Å². The number of ether oxygens (including phenoxy) is 1. The van der Waals surface area contributed by atoms with Crippen LogP contribution in [0.15, 0.2) is 42.7 Å². The number of aromatic nitrogens is 2. The van der Waals surface area contributed by atoms with Crippen molar-refractivity contribution >= 4 is 5.82 Å². The van der Waals surface area contributed by atoms with E-state index >= 15 is 0 Å². The Bertz CT molecular complexity index is 638. The topological polar surface area (TPSA) is 62.0 Å². The van der Waals surface area contributed by atoms with Gasteiger partial charge in [0.1, 0.15) is 11.9 Å². The fourth-order valence-corrected chi connectivity index (χ4v) is 2.56. The zero-order valence-corrected chi connectivity index (χ0v) is 11.6. The maximum absolute atomic E-state index is 8.97. The van der Waals surface area contributed by atoms with Crippen LogP contribution >= 0.6 is 0 Å². The van der Waals surface area contributed by atoms with Crippen LogP contribution in [0.3, 0.4) is 0 Å².